The minimum Gasteiger partial charge on any atom is -0.0630 e. The molecule has 0 aliphatic carbocycles. The second-order valence-electron chi connectivity index (χ2n) is 7.07. The van der Waals surface area contributed by atoms with E-state index in [1.165, 1.54) is 18.1 Å². The molecular weight excluding hydrogens is 208 g/mol. The van der Waals surface area contributed by atoms with Crippen molar-refractivity contribution in [2.45, 2.75) is 73.5 Å². The Morgan fingerprint density at radius 1 is 0.688 bits per heavy atom. The maximum absolute atomic E-state index is 2.40. The summed E-state index contributed by atoms with van der Waals surface area (Å²) >= 11 is 0. The van der Waals surface area contributed by atoms with Gasteiger partial charge in [0.25, 0.3) is 0 Å². The third-order valence-electron chi connectivity index (χ3n) is 3.46. The Morgan fingerprint density at radius 2 is 0.938 bits per heavy atom. The van der Waals surface area contributed by atoms with E-state index in [-0.39, 0.29) is 0 Å². The Bertz CT molecular complexity index is 153. The summed E-state index contributed by atoms with van der Waals surface area (Å²) in [5.74, 6) is 2.58. The summed E-state index contributed by atoms with van der Waals surface area (Å²) in [5.41, 5.74) is 1.78. The fourth-order valence-corrected chi connectivity index (χ4v) is 9.62. The fraction of sp³-hybridized carbons (Fsp3) is 0.933. The lowest BCUT2D eigenvalue weighted by Gasteiger charge is -2.40. The van der Waals surface area contributed by atoms with Crippen LogP contribution in [0.4, 0.5) is 0 Å². The average Bonchev–Trinajstić information content (AvgIpc) is 1.98. The molecule has 0 nitrogen and oxygen atoms in total. The molecule has 0 amide bonds. The smallest absolute Gasteiger partial charge is 0.0602 e. The fourth-order valence-electron chi connectivity index (χ4n) is 3.21. The van der Waals surface area contributed by atoms with Gasteiger partial charge in [-0.15, -0.1) is 0 Å². The van der Waals surface area contributed by atoms with E-state index in [9.17, 15) is 0 Å². The first kappa shape index (κ1) is 16.2. The lowest BCUT2D eigenvalue weighted by molar-refractivity contribution is 0.639. The van der Waals surface area contributed by atoms with Gasteiger partial charge in [0.1, 0.15) is 0 Å². The Hall–Kier alpha value is 0.217. The normalized spacial score (nSPS) is 13.5. The molecular formula is C15H33Si. The van der Waals surface area contributed by atoms with Crippen molar-refractivity contribution in [1.82, 2.24) is 0 Å². The molecule has 1 heteroatoms. The number of hydrogen-bond donors (Lipinski definition) is 0. The molecule has 16 heavy (non-hydrogen) atoms. The zero-order valence-corrected chi connectivity index (χ0v) is 13.9. The van der Waals surface area contributed by atoms with Crippen molar-refractivity contribution >= 4 is 8.07 Å². The van der Waals surface area contributed by atoms with Gasteiger partial charge in [0.05, 0.1) is 8.07 Å². The molecule has 0 saturated heterocycles. The standard InChI is InChI=1S/C15H33Si/c1-12(2)9-16(15(7)8,10-13(3)4)11-14(5)6/h12-14H,9-11H2,1-8H3. The van der Waals surface area contributed by atoms with E-state index >= 15 is 0 Å². The van der Waals surface area contributed by atoms with Crippen LogP contribution in [-0.2, 0) is 0 Å². The molecule has 0 heterocycles. The van der Waals surface area contributed by atoms with Crippen LogP contribution in [0.1, 0.15) is 55.4 Å². The molecule has 0 aromatic rings. The molecule has 0 fully saturated rings. The highest BCUT2D eigenvalue weighted by Gasteiger charge is 2.37. The zero-order valence-electron chi connectivity index (χ0n) is 12.9. The highest BCUT2D eigenvalue weighted by Crippen LogP contribution is 2.38. The van der Waals surface area contributed by atoms with Crippen LogP contribution < -0.4 is 0 Å². The lowest BCUT2D eigenvalue weighted by Crippen LogP contribution is -2.43. The Labute approximate surface area is 105 Å². The van der Waals surface area contributed by atoms with Crippen LogP contribution in [0.3, 0.4) is 0 Å². The zero-order chi connectivity index (χ0) is 12.9. The molecule has 0 N–H and O–H groups in total. The monoisotopic (exact) mass is 241 g/mol. The Kier molecular flexibility index (Phi) is 6.92. The third-order valence-corrected chi connectivity index (χ3v) is 10.4. The SMILES string of the molecule is C[C](C)[Si](CC(C)C)(CC(C)C)CC(C)C. The van der Waals surface area contributed by atoms with Crippen LogP contribution in [0.5, 0.6) is 0 Å². The Morgan fingerprint density at radius 3 is 1.06 bits per heavy atom. The summed E-state index contributed by atoms with van der Waals surface area (Å²) < 4.78 is 0. The van der Waals surface area contributed by atoms with Crippen molar-refractivity contribution in [2.24, 2.45) is 17.8 Å². The highest BCUT2D eigenvalue weighted by atomic mass is 28.3. The highest BCUT2D eigenvalue weighted by molar-refractivity contribution is 6.84. The van der Waals surface area contributed by atoms with E-state index in [1.807, 2.05) is 0 Å². The van der Waals surface area contributed by atoms with Crippen LogP contribution in [0, 0.1) is 23.3 Å². The van der Waals surface area contributed by atoms with E-state index in [1.54, 1.807) is 5.54 Å². The van der Waals surface area contributed by atoms with Crippen LogP contribution in [-0.4, -0.2) is 8.07 Å². The molecule has 0 aromatic carbocycles. The largest absolute Gasteiger partial charge is 0.0630 e. The maximum atomic E-state index is 2.40. The predicted octanol–water partition coefficient (Wildman–Crippen LogP) is 5.56. The summed E-state index contributed by atoms with van der Waals surface area (Å²) in [4.78, 5) is 0. The molecule has 0 aliphatic rings. The first-order chi connectivity index (χ1) is 7.19. The quantitative estimate of drug-likeness (QED) is 0.512. The van der Waals surface area contributed by atoms with Gasteiger partial charge < -0.3 is 0 Å². The van der Waals surface area contributed by atoms with Gasteiger partial charge in [0.15, 0.2) is 0 Å². The first-order valence-electron chi connectivity index (χ1n) is 7.00. The number of rotatable bonds is 7. The summed E-state index contributed by atoms with van der Waals surface area (Å²) in [6.07, 6.45) is 0. The second kappa shape index (κ2) is 6.83. The van der Waals surface area contributed by atoms with Crippen molar-refractivity contribution in [1.29, 1.82) is 0 Å². The van der Waals surface area contributed by atoms with E-state index in [0.29, 0.717) is 0 Å². The second-order valence-corrected chi connectivity index (χ2v) is 11.9. The third kappa shape index (κ3) is 5.52. The van der Waals surface area contributed by atoms with Gasteiger partial charge in [-0.1, -0.05) is 73.5 Å². The molecule has 0 rings (SSSR count). The van der Waals surface area contributed by atoms with Crippen molar-refractivity contribution < 1.29 is 0 Å². The molecule has 0 spiro atoms. The lowest BCUT2D eigenvalue weighted by atomic mass is 10.2. The predicted molar refractivity (Wildman–Crippen MR) is 79.3 cm³/mol. The number of hydrogen-bond acceptors (Lipinski definition) is 0. The van der Waals surface area contributed by atoms with Crippen LogP contribution in [0.15, 0.2) is 0 Å². The first-order valence-corrected chi connectivity index (χ1v) is 9.62. The molecule has 1 radical (unpaired) electrons. The van der Waals surface area contributed by atoms with Crippen molar-refractivity contribution in [3.8, 4) is 0 Å². The van der Waals surface area contributed by atoms with Gasteiger partial charge in [-0.2, -0.15) is 0 Å². The molecule has 0 bridgehead atoms. The summed E-state index contributed by atoms with van der Waals surface area (Å²) in [5, 5.41) is 0. The molecule has 0 atom stereocenters. The summed E-state index contributed by atoms with van der Waals surface area (Å²) in [7, 11) is -1.15. The van der Waals surface area contributed by atoms with Gasteiger partial charge >= 0.3 is 0 Å². The minimum atomic E-state index is -1.15. The van der Waals surface area contributed by atoms with Gasteiger partial charge in [0, 0.05) is 0 Å². The molecule has 0 saturated carbocycles. The van der Waals surface area contributed by atoms with Crippen molar-refractivity contribution in [3.63, 3.8) is 0 Å². The van der Waals surface area contributed by atoms with Crippen LogP contribution in [0.25, 0.3) is 0 Å². The van der Waals surface area contributed by atoms with Gasteiger partial charge in [-0.3, -0.25) is 0 Å². The Balaban J connectivity index is 4.88. The molecule has 0 aromatic heterocycles. The van der Waals surface area contributed by atoms with E-state index in [4.69, 9.17) is 0 Å². The van der Waals surface area contributed by atoms with Gasteiger partial charge in [0.2, 0.25) is 0 Å². The van der Waals surface area contributed by atoms with Crippen LogP contribution >= 0.6 is 0 Å². The molecule has 0 unspecified atom stereocenters. The van der Waals surface area contributed by atoms with E-state index in [2.05, 4.69) is 55.4 Å². The molecule has 97 valence electrons. The van der Waals surface area contributed by atoms with E-state index < -0.39 is 8.07 Å². The molecule has 0 aliphatic heterocycles. The summed E-state index contributed by atoms with van der Waals surface area (Å²) in [6, 6.07) is 4.48. The van der Waals surface area contributed by atoms with Crippen molar-refractivity contribution in [3.05, 3.63) is 5.54 Å². The maximum Gasteiger partial charge on any atom is 0.0602 e. The topological polar surface area (TPSA) is 0 Å². The van der Waals surface area contributed by atoms with Gasteiger partial charge in [-0.05, 0) is 23.3 Å². The summed E-state index contributed by atoms with van der Waals surface area (Å²) in [6.45, 7) is 19.2. The minimum absolute atomic E-state index is 0.860. The average molecular weight is 242 g/mol. The van der Waals surface area contributed by atoms with Gasteiger partial charge in [-0.25, -0.2) is 0 Å². The van der Waals surface area contributed by atoms with Crippen LogP contribution in [0.2, 0.25) is 18.1 Å². The van der Waals surface area contributed by atoms with Crippen molar-refractivity contribution in [2.75, 3.05) is 0 Å². The van der Waals surface area contributed by atoms with E-state index in [0.717, 1.165) is 17.8 Å².